The van der Waals surface area contributed by atoms with Crippen LogP contribution in [0.15, 0.2) is 84.9 Å². The number of anilines is 2. The zero-order valence-corrected chi connectivity index (χ0v) is 24.5. The van der Waals surface area contributed by atoms with E-state index in [1.807, 2.05) is 33.8 Å². The molecule has 0 fully saturated rings. The average molecular weight is 504 g/mol. The second-order valence-electron chi connectivity index (χ2n) is 12.7. The van der Waals surface area contributed by atoms with Crippen LogP contribution in [0.2, 0.25) is 0 Å². The first-order valence-electron chi connectivity index (χ1n) is 14.8. The van der Waals surface area contributed by atoms with E-state index in [1.165, 1.54) is 22.3 Å². The monoisotopic (exact) mass is 503 g/mol. The fourth-order valence-corrected chi connectivity index (χ4v) is 6.12. The minimum Gasteiger partial charge on any atom is -0.336 e. The van der Waals surface area contributed by atoms with E-state index >= 15 is 0 Å². The highest BCUT2D eigenvalue weighted by Crippen LogP contribution is 2.53. The van der Waals surface area contributed by atoms with Crippen molar-refractivity contribution < 1.29 is 2.74 Å². The molecule has 0 unspecified atom stereocenters. The first kappa shape index (κ1) is 23.8. The first-order chi connectivity index (χ1) is 18.5. The Morgan fingerprint density at radius 1 is 0.632 bits per heavy atom. The van der Waals surface area contributed by atoms with Gasteiger partial charge in [-0.2, -0.15) is 0 Å². The maximum Gasteiger partial charge on any atom is 0.0454 e. The van der Waals surface area contributed by atoms with Gasteiger partial charge in [0.2, 0.25) is 0 Å². The third-order valence-electron chi connectivity index (χ3n) is 8.03. The van der Waals surface area contributed by atoms with E-state index in [0.717, 1.165) is 33.6 Å². The molecule has 5 rings (SSSR count). The van der Waals surface area contributed by atoms with Crippen molar-refractivity contribution >= 4 is 11.4 Å². The van der Waals surface area contributed by atoms with Crippen LogP contribution in [-0.4, -0.2) is 5.54 Å². The molecule has 0 spiro atoms. The van der Waals surface area contributed by atoms with Crippen LogP contribution in [0.5, 0.6) is 0 Å². The maximum atomic E-state index is 9.28. The van der Waals surface area contributed by atoms with Gasteiger partial charge in [0.05, 0.1) is 0 Å². The Hall–Kier alpha value is -3.32. The van der Waals surface area contributed by atoms with E-state index in [4.69, 9.17) is 0 Å². The lowest BCUT2D eigenvalue weighted by molar-refractivity contribution is 0.554. The van der Waals surface area contributed by atoms with E-state index in [2.05, 4.69) is 118 Å². The molecule has 0 heterocycles. The molecular weight excluding hydrogens is 458 g/mol. The number of hydrogen-bond donors (Lipinski definition) is 0. The van der Waals surface area contributed by atoms with Crippen molar-refractivity contribution in [3.63, 3.8) is 0 Å². The van der Waals surface area contributed by atoms with Crippen molar-refractivity contribution in [2.45, 2.75) is 85.1 Å². The van der Waals surface area contributed by atoms with Gasteiger partial charge in [-0.3, -0.25) is 0 Å². The summed E-state index contributed by atoms with van der Waals surface area (Å²) in [5, 5.41) is 0. The minimum absolute atomic E-state index is 0.149. The molecule has 4 aromatic carbocycles. The Morgan fingerprint density at radius 3 is 1.87 bits per heavy atom. The molecule has 0 N–H and O–H groups in total. The van der Waals surface area contributed by atoms with Gasteiger partial charge < -0.3 is 4.90 Å². The third kappa shape index (κ3) is 4.37. The summed E-state index contributed by atoms with van der Waals surface area (Å²) >= 11 is 0. The van der Waals surface area contributed by atoms with E-state index in [0.29, 0.717) is 0 Å². The van der Waals surface area contributed by atoms with Gasteiger partial charge in [0.25, 0.3) is 0 Å². The Bertz CT molecular complexity index is 1560. The molecule has 1 nitrogen and oxygen atoms in total. The van der Waals surface area contributed by atoms with Crippen molar-refractivity contribution in [3.05, 3.63) is 107 Å². The van der Waals surface area contributed by atoms with Gasteiger partial charge in [0, 0.05) is 25.1 Å². The highest BCUT2D eigenvalue weighted by atomic mass is 15.2. The lowest BCUT2D eigenvalue weighted by atomic mass is 9.81. The van der Waals surface area contributed by atoms with Crippen LogP contribution in [0.1, 0.15) is 99.1 Å². The van der Waals surface area contributed by atoms with Gasteiger partial charge in [0.15, 0.2) is 0 Å². The number of fused-ring (bicyclic) bond motifs is 3. The zero-order valence-electron chi connectivity index (χ0n) is 26.5. The van der Waals surface area contributed by atoms with Crippen LogP contribution >= 0.6 is 0 Å². The van der Waals surface area contributed by atoms with Crippen molar-refractivity contribution in [2.75, 3.05) is 4.90 Å². The summed E-state index contributed by atoms with van der Waals surface area (Å²) < 4.78 is 18.5. The molecule has 0 aliphatic heterocycles. The highest BCUT2D eigenvalue weighted by molar-refractivity contribution is 5.86. The van der Waals surface area contributed by atoms with Gasteiger partial charge in [0.1, 0.15) is 0 Å². The standard InChI is InChI=1S/C37H43N/c1-24(2)29-21-27(26-15-11-10-12-16-26)19-20-34(29)38(36(5,6)7)35-23-33-31(22-30(35)25(3)4)28-17-13-14-18-32(28)37(33,8)9/h10-25H,1-9H3/i24D,25D. The first-order valence-corrected chi connectivity index (χ1v) is 13.8. The predicted molar refractivity (Wildman–Crippen MR) is 166 cm³/mol. The molecular formula is C37H43N. The lowest BCUT2D eigenvalue weighted by Gasteiger charge is -2.42. The molecule has 196 valence electrons. The number of rotatable bonds is 5. The molecule has 1 heteroatoms. The molecule has 0 saturated carbocycles. The topological polar surface area (TPSA) is 3.24 Å². The molecule has 0 aromatic heterocycles. The van der Waals surface area contributed by atoms with Crippen molar-refractivity contribution in [2.24, 2.45) is 0 Å². The van der Waals surface area contributed by atoms with Crippen LogP contribution in [0.25, 0.3) is 22.3 Å². The lowest BCUT2D eigenvalue weighted by Crippen LogP contribution is -2.39. The maximum absolute atomic E-state index is 9.28. The number of hydrogen-bond acceptors (Lipinski definition) is 1. The summed E-state index contributed by atoms with van der Waals surface area (Å²) in [6.45, 7) is 19.2. The van der Waals surface area contributed by atoms with Gasteiger partial charge in [-0.05, 0) is 101 Å². The predicted octanol–water partition coefficient (Wildman–Crippen LogP) is 10.8. The summed E-state index contributed by atoms with van der Waals surface area (Å²) in [4.78, 5) is 2.39. The summed E-state index contributed by atoms with van der Waals surface area (Å²) in [6, 6.07) is 30.3. The van der Waals surface area contributed by atoms with Crippen molar-refractivity contribution in [1.82, 2.24) is 0 Å². The SMILES string of the molecule is [2H]C(C)(C)c1cc(-c2ccccc2)ccc1N(c1cc2c(cc1C([2H])(C)C)-c1ccccc1C2(C)C)C(C)(C)C. The smallest absolute Gasteiger partial charge is 0.0454 e. The summed E-state index contributed by atoms with van der Waals surface area (Å²) in [5.41, 5.74) is 11.0. The summed E-state index contributed by atoms with van der Waals surface area (Å²) in [6.07, 6.45) is 0. The molecule has 38 heavy (non-hydrogen) atoms. The van der Waals surface area contributed by atoms with E-state index < -0.39 is 11.8 Å². The van der Waals surface area contributed by atoms with Crippen LogP contribution in [0.4, 0.5) is 11.4 Å². The molecule has 1 aliphatic rings. The molecule has 0 atom stereocenters. The molecule has 4 aromatic rings. The molecule has 0 radical (unpaired) electrons. The van der Waals surface area contributed by atoms with Crippen molar-refractivity contribution in [3.8, 4) is 22.3 Å². The fraction of sp³-hybridized carbons (Fsp3) is 0.351. The second kappa shape index (κ2) is 9.45. The summed E-state index contributed by atoms with van der Waals surface area (Å²) in [7, 11) is 0. The van der Waals surface area contributed by atoms with Crippen LogP contribution in [0, 0.1) is 0 Å². The van der Waals surface area contributed by atoms with Crippen LogP contribution in [-0.2, 0) is 5.41 Å². The minimum atomic E-state index is -0.827. The third-order valence-corrected chi connectivity index (χ3v) is 8.03. The van der Waals surface area contributed by atoms with Crippen LogP contribution in [0.3, 0.4) is 0 Å². The van der Waals surface area contributed by atoms with E-state index in [1.54, 1.807) is 0 Å². The van der Waals surface area contributed by atoms with Gasteiger partial charge in [-0.1, -0.05) is 102 Å². The number of nitrogens with zero attached hydrogens (tertiary/aromatic N) is 1. The Balaban J connectivity index is 1.82. The van der Waals surface area contributed by atoms with Crippen molar-refractivity contribution in [1.29, 1.82) is 0 Å². The average Bonchev–Trinajstić information content (AvgIpc) is 3.09. The molecule has 0 saturated heterocycles. The quantitative estimate of drug-likeness (QED) is 0.262. The largest absolute Gasteiger partial charge is 0.336 e. The number of benzene rings is 4. The van der Waals surface area contributed by atoms with Gasteiger partial charge >= 0.3 is 0 Å². The Labute approximate surface area is 233 Å². The Morgan fingerprint density at radius 2 is 1.24 bits per heavy atom. The zero-order chi connectivity index (χ0) is 29.3. The summed E-state index contributed by atoms with van der Waals surface area (Å²) in [5.74, 6) is -1.65. The van der Waals surface area contributed by atoms with E-state index in [-0.39, 0.29) is 11.0 Å². The molecule has 1 aliphatic carbocycles. The van der Waals surface area contributed by atoms with Gasteiger partial charge in [-0.25, -0.2) is 0 Å². The highest BCUT2D eigenvalue weighted by Gasteiger charge is 2.38. The van der Waals surface area contributed by atoms with Crippen LogP contribution < -0.4 is 4.90 Å². The molecule has 0 bridgehead atoms. The fourth-order valence-electron chi connectivity index (χ4n) is 6.12. The molecule has 0 amide bonds. The Kier molecular flexibility index (Phi) is 5.91. The second-order valence-corrected chi connectivity index (χ2v) is 12.7. The van der Waals surface area contributed by atoms with Gasteiger partial charge in [-0.15, -0.1) is 0 Å². The normalized spacial score (nSPS) is 15.4. The van der Waals surface area contributed by atoms with E-state index in [9.17, 15) is 2.74 Å².